The summed E-state index contributed by atoms with van der Waals surface area (Å²) in [5.41, 5.74) is 2.60. The van der Waals surface area contributed by atoms with Crippen molar-refractivity contribution in [1.82, 2.24) is 5.32 Å². The van der Waals surface area contributed by atoms with Gasteiger partial charge in [0.2, 0.25) is 0 Å². The number of benzene rings is 3. The van der Waals surface area contributed by atoms with E-state index in [2.05, 4.69) is 19.2 Å². The molecule has 7 heteroatoms. The van der Waals surface area contributed by atoms with Crippen molar-refractivity contribution in [1.29, 1.82) is 0 Å². The second-order valence-electron chi connectivity index (χ2n) is 9.09. The third kappa shape index (κ3) is 4.91. The van der Waals surface area contributed by atoms with Crippen LogP contribution in [0.2, 0.25) is 0 Å². The molecule has 0 aromatic heterocycles. The summed E-state index contributed by atoms with van der Waals surface area (Å²) >= 11 is 0. The average Bonchev–Trinajstić information content (AvgIpc) is 2.88. The monoisotopic (exact) mass is 492 g/mol. The van der Waals surface area contributed by atoms with E-state index in [4.69, 9.17) is 4.74 Å². The van der Waals surface area contributed by atoms with Crippen LogP contribution in [0.25, 0.3) is 0 Å². The SMILES string of the molecule is CCC1(CC)C[C@H](NC(=O)c2ccc(N(C)S(=O)(=O)c3ccc(C)cc3)cc2)c2ccccc2O1. The van der Waals surface area contributed by atoms with Gasteiger partial charge in [-0.1, -0.05) is 49.7 Å². The van der Waals surface area contributed by atoms with Gasteiger partial charge in [-0.15, -0.1) is 0 Å². The number of hydrogen-bond donors (Lipinski definition) is 1. The zero-order chi connectivity index (χ0) is 25.2. The molecule has 1 aliphatic rings. The molecule has 0 aliphatic carbocycles. The fourth-order valence-electron chi connectivity index (χ4n) is 4.50. The van der Waals surface area contributed by atoms with E-state index in [1.54, 1.807) is 48.5 Å². The highest BCUT2D eigenvalue weighted by molar-refractivity contribution is 7.92. The number of sulfonamides is 1. The van der Waals surface area contributed by atoms with Crippen LogP contribution in [0.1, 0.15) is 60.6 Å². The van der Waals surface area contributed by atoms with Gasteiger partial charge in [0.05, 0.1) is 16.6 Å². The van der Waals surface area contributed by atoms with Gasteiger partial charge in [-0.3, -0.25) is 9.10 Å². The van der Waals surface area contributed by atoms with E-state index in [-0.39, 0.29) is 22.4 Å². The summed E-state index contributed by atoms with van der Waals surface area (Å²) in [6.07, 6.45) is 2.39. The maximum Gasteiger partial charge on any atom is 0.264 e. The van der Waals surface area contributed by atoms with Gasteiger partial charge < -0.3 is 10.1 Å². The average molecular weight is 493 g/mol. The first kappa shape index (κ1) is 24.8. The zero-order valence-electron chi connectivity index (χ0n) is 20.6. The largest absolute Gasteiger partial charge is 0.487 e. The van der Waals surface area contributed by atoms with Crippen molar-refractivity contribution in [2.24, 2.45) is 0 Å². The topological polar surface area (TPSA) is 75.7 Å². The quantitative estimate of drug-likeness (QED) is 0.464. The van der Waals surface area contributed by atoms with Gasteiger partial charge in [0.25, 0.3) is 15.9 Å². The second kappa shape index (κ2) is 9.74. The number of ether oxygens (including phenoxy) is 1. The van der Waals surface area contributed by atoms with E-state index >= 15 is 0 Å². The summed E-state index contributed by atoms with van der Waals surface area (Å²) in [5.74, 6) is 0.606. The first-order valence-electron chi connectivity index (χ1n) is 11.9. The van der Waals surface area contributed by atoms with Gasteiger partial charge in [-0.2, -0.15) is 0 Å². The molecule has 3 aromatic rings. The van der Waals surface area contributed by atoms with Crippen molar-refractivity contribution in [3.63, 3.8) is 0 Å². The highest BCUT2D eigenvalue weighted by Crippen LogP contribution is 2.42. The van der Waals surface area contributed by atoms with Crippen LogP contribution in [0.4, 0.5) is 5.69 Å². The molecular weight excluding hydrogens is 460 g/mol. The highest BCUT2D eigenvalue weighted by Gasteiger charge is 2.39. The van der Waals surface area contributed by atoms with E-state index in [0.717, 1.165) is 29.7 Å². The Morgan fingerprint density at radius 1 is 1.00 bits per heavy atom. The van der Waals surface area contributed by atoms with Crippen molar-refractivity contribution in [3.05, 3.63) is 89.5 Å². The Morgan fingerprint density at radius 2 is 1.63 bits per heavy atom. The Hall–Kier alpha value is -3.32. The van der Waals surface area contributed by atoms with Gasteiger partial charge in [0.15, 0.2) is 0 Å². The molecule has 4 rings (SSSR count). The predicted molar refractivity (Wildman–Crippen MR) is 138 cm³/mol. The van der Waals surface area contributed by atoms with E-state index in [0.29, 0.717) is 17.7 Å². The summed E-state index contributed by atoms with van der Waals surface area (Å²) < 4.78 is 33.6. The molecule has 1 amide bonds. The van der Waals surface area contributed by atoms with Crippen LogP contribution in [0.5, 0.6) is 5.75 Å². The van der Waals surface area contributed by atoms with Crippen LogP contribution in [0, 0.1) is 6.92 Å². The number of hydrogen-bond acceptors (Lipinski definition) is 4. The maximum absolute atomic E-state index is 13.2. The van der Waals surface area contributed by atoms with E-state index in [9.17, 15) is 13.2 Å². The minimum atomic E-state index is -3.70. The Balaban J connectivity index is 1.53. The molecule has 0 saturated carbocycles. The fourth-order valence-corrected chi connectivity index (χ4v) is 5.70. The molecule has 0 bridgehead atoms. The van der Waals surface area contributed by atoms with Crippen LogP contribution in [0.15, 0.2) is 77.7 Å². The molecule has 0 unspecified atom stereocenters. The molecule has 1 heterocycles. The standard InChI is InChI=1S/C28H32N2O4S/c1-5-28(6-2)19-25(24-9-7-8-10-26(24)34-28)29-27(31)21-13-15-22(16-14-21)30(4)35(32,33)23-17-11-20(3)12-18-23/h7-18,25H,5-6,19H2,1-4H3,(H,29,31)/t25-/m0/s1. The predicted octanol–water partition coefficient (Wildman–Crippen LogP) is 5.63. The summed E-state index contributed by atoms with van der Waals surface area (Å²) in [6, 6.07) is 21.0. The van der Waals surface area contributed by atoms with Gasteiger partial charge in [-0.05, 0) is 62.2 Å². The molecule has 35 heavy (non-hydrogen) atoms. The van der Waals surface area contributed by atoms with Crippen molar-refractivity contribution < 1.29 is 17.9 Å². The van der Waals surface area contributed by atoms with E-state index in [1.807, 2.05) is 31.2 Å². The number of nitrogens with zero attached hydrogens (tertiary/aromatic N) is 1. The molecule has 0 spiro atoms. The minimum absolute atomic E-state index is 0.170. The van der Waals surface area contributed by atoms with E-state index < -0.39 is 10.0 Å². The highest BCUT2D eigenvalue weighted by atomic mass is 32.2. The van der Waals surface area contributed by atoms with Gasteiger partial charge in [-0.25, -0.2) is 8.42 Å². The van der Waals surface area contributed by atoms with Gasteiger partial charge >= 0.3 is 0 Å². The summed E-state index contributed by atoms with van der Waals surface area (Å²) in [5, 5.41) is 3.17. The lowest BCUT2D eigenvalue weighted by atomic mass is 9.83. The zero-order valence-corrected chi connectivity index (χ0v) is 21.4. The van der Waals surface area contributed by atoms with Crippen LogP contribution in [-0.2, 0) is 10.0 Å². The molecule has 1 aliphatic heterocycles. The number of carbonyl (C=O) groups excluding carboxylic acids is 1. The summed E-state index contributed by atoms with van der Waals surface area (Å²) in [4.78, 5) is 13.4. The Kier molecular flexibility index (Phi) is 6.90. The molecule has 0 fully saturated rings. The van der Waals surface area contributed by atoms with Crippen LogP contribution >= 0.6 is 0 Å². The summed E-state index contributed by atoms with van der Waals surface area (Å²) in [7, 11) is -2.19. The lowest BCUT2D eigenvalue weighted by molar-refractivity contribution is 0.0227. The molecule has 1 N–H and O–H groups in total. The molecular formula is C28H32N2O4S. The number of rotatable bonds is 7. The lowest BCUT2D eigenvalue weighted by Gasteiger charge is -2.41. The third-order valence-electron chi connectivity index (χ3n) is 6.96. The number of fused-ring (bicyclic) bond motifs is 1. The number of anilines is 1. The number of carbonyl (C=O) groups is 1. The number of para-hydroxylation sites is 1. The maximum atomic E-state index is 13.2. The molecule has 0 saturated heterocycles. The Bertz CT molecular complexity index is 1300. The normalized spacial score (nSPS) is 16.6. The fraction of sp³-hybridized carbons (Fsp3) is 0.321. The minimum Gasteiger partial charge on any atom is -0.487 e. The molecule has 184 valence electrons. The first-order valence-corrected chi connectivity index (χ1v) is 13.4. The Labute approximate surface area is 208 Å². The number of aryl methyl sites for hydroxylation is 1. The van der Waals surface area contributed by atoms with Gasteiger partial charge in [0, 0.05) is 24.6 Å². The van der Waals surface area contributed by atoms with Crippen molar-refractivity contribution >= 4 is 21.6 Å². The summed E-state index contributed by atoms with van der Waals surface area (Å²) in [6.45, 7) is 6.12. The molecule has 3 aromatic carbocycles. The smallest absolute Gasteiger partial charge is 0.264 e. The van der Waals surface area contributed by atoms with Crippen LogP contribution < -0.4 is 14.4 Å². The number of amides is 1. The van der Waals surface area contributed by atoms with Crippen LogP contribution in [-0.4, -0.2) is 27.0 Å². The first-order chi connectivity index (χ1) is 16.7. The van der Waals surface area contributed by atoms with Crippen molar-refractivity contribution in [2.75, 3.05) is 11.4 Å². The van der Waals surface area contributed by atoms with Crippen molar-refractivity contribution in [3.8, 4) is 5.75 Å². The third-order valence-corrected chi connectivity index (χ3v) is 8.76. The molecule has 6 nitrogen and oxygen atoms in total. The Morgan fingerprint density at radius 3 is 2.26 bits per heavy atom. The molecule has 0 radical (unpaired) electrons. The van der Waals surface area contributed by atoms with Gasteiger partial charge in [0.1, 0.15) is 11.4 Å². The van der Waals surface area contributed by atoms with E-state index in [1.165, 1.54) is 11.4 Å². The second-order valence-corrected chi connectivity index (χ2v) is 11.1. The molecule has 1 atom stereocenters. The van der Waals surface area contributed by atoms with Crippen LogP contribution in [0.3, 0.4) is 0 Å². The lowest BCUT2D eigenvalue weighted by Crippen LogP contribution is -2.44. The van der Waals surface area contributed by atoms with Crippen molar-refractivity contribution in [2.45, 2.75) is 56.6 Å². The number of nitrogens with one attached hydrogen (secondary N) is 1.